The molecule has 0 aliphatic heterocycles. The van der Waals surface area contributed by atoms with Crippen LogP contribution in [0, 0.1) is 10.1 Å². The van der Waals surface area contributed by atoms with Crippen LogP contribution < -0.4 is 25.8 Å². The second-order valence-electron chi connectivity index (χ2n) is 13.9. The van der Waals surface area contributed by atoms with E-state index in [1.54, 1.807) is 48.5 Å². The van der Waals surface area contributed by atoms with Crippen molar-refractivity contribution in [1.29, 1.82) is 0 Å². The molecule has 12 nitrogen and oxygen atoms in total. The Morgan fingerprint density at radius 2 is 1.32 bits per heavy atom. The average molecular weight is 812 g/mol. The van der Waals surface area contributed by atoms with E-state index < -0.39 is 43.4 Å². The van der Waals surface area contributed by atoms with Crippen LogP contribution >= 0.6 is 0 Å². The second kappa shape index (κ2) is 20.0. The lowest BCUT2D eigenvalue weighted by molar-refractivity contribution is -0.384. The fourth-order valence-electron chi connectivity index (χ4n) is 6.38. The minimum absolute atomic E-state index is 0.0631. The van der Waals surface area contributed by atoms with Gasteiger partial charge in [0.25, 0.3) is 21.6 Å². The van der Waals surface area contributed by atoms with Gasteiger partial charge in [-0.25, -0.2) is 13.1 Å². The maximum absolute atomic E-state index is 13.7. The number of carbonyl (C=O) groups excluding carboxylic acids is 2. The van der Waals surface area contributed by atoms with Crippen LogP contribution in [0.2, 0.25) is 0 Å². The summed E-state index contributed by atoms with van der Waals surface area (Å²) in [5, 5.41) is 17.7. The lowest BCUT2D eigenvalue weighted by Gasteiger charge is -2.19. The highest BCUT2D eigenvalue weighted by atomic mass is 32.2. The Morgan fingerprint density at radius 3 is 1.98 bits per heavy atom. The fourth-order valence-corrected chi connectivity index (χ4v) is 7.42. The van der Waals surface area contributed by atoms with E-state index in [0.29, 0.717) is 43.0 Å². The number of hydrogen-bond donors (Lipinski definition) is 4. The van der Waals surface area contributed by atoms with Crippen LogP contribution in [-0.4, -0.2) is 37.7 Å². The van der Waals surface area contributed by atoms with Gasteiger partial charge in [-0.1, -0.05) is 121 Å². The number of sulfonamides is 1. The van der Waals surface area contributed by atoms with E-state index in [1.165, 1.54) is 12.1 Å². The molecule has 0 bridgehead atoms. The van der Waals surface area contributed by atoms with Gasteiger partial charge in [-0.15, -0.1) is 0 Å². The van der Waals surface area contributed by atoms with Gasteiger partial charge in [-0.2, -0.15) is 0 Å². The van der Waals surface area contributed by atoms with E-state index in [9.17, 15) is 28.1 Å². The van der Waals surface area contributed by atoms with Crippen molar-refractivity contribution in [3.63, 3.8) is 0 Å². The number of hydrogen-bond acceptors (Lipinski definition) is 9. The van der Waals surface area contributed by atoms with Crippen LogP contribution in [0.4, 0.5) is 11.4 Å². The van der Waals surface area contributed by atoms with E-state index in [2.05, 4.69) is 10.6 Å². The first-order valence-electron chi connectivity index (χ1n) is 19.1. The number of nitrogens with one attached hydrogen (secondary N) is 3. The topological polar surface area (TPSA) is 183 Å². The first kappa shape index (κ1) is 41.8. The number of rotatable bonds is 19. The first-order chi connectivity index (χ1) is 28.6. The molecular weight excluding hydrogens is 767 g/mol. The predicted molar refractivity (Wildman–Crippen MR) is 228 cm³/mol. The molecule has 6 rings (SSSR count). The first-order valence-corrected chi connectivity index (χ1v) is 20.6. The van der Waals surface area contributed by atoms with E-state index in [1.807, 2.05) is 89.7 Å². The summed E-state index contributed by atoms with van der Waals surface area (Å²) in [6.45, 7) is 1.07. The van der Waals surface area contributed by atoms with Crippen LogP contribution in [0.25, 0.3) is 11.1 Å². The maximum Gasteiger partial charge on any atom is 0.293 e. The summed E-state index contributed by atoms with van der Waals surface area (Å²) in [7, 11) is -4.61. The number of ether oxygens (including phenoxy) is 1. The summed E-state index contributed by atoms with van der Waals surface area (Å²) in [6.07, 6.45) is 1.29. The molecule has 1 atom stereocenters. The van der Waals surface area contributed by atoms with Gasteiger partial charge in [0, 0.05) is 25.6 Å². The number of aryl methyl sites for hydroxylation is 1. The van der Waals surface area contributed by atoms with Crippen molar-refractivity contribution in [2.45, 2.75) is 49.8 Å². The van der Waals surface area contributed by atoms with Crippen molar-refractivity contribution >= 4 is 33.2 Å². The number of nitro benzene ring substituents is 1. The van der Waals surface area contributed by atoms with E-state index in [-0.39, 0.29) is 18.5 Å². The van der Waals surface area contributed by atoms with Crippen LogP contribution in [0.3, 0.4) is 0 Å². The molecule has 0 aliphatic rings. The monoisotopic (exact) mass is 811 g/mol. The molecular formula is C46H45N5O7S. The van der Waals surface area contributed by atoms with Crippen LogP contribution in [0.15, 0.2) is 157 Å². The van der Waals surface area contributed by atoms with E-state index in [4.69, 9.17) is 10.5 Å². The summed E-state index contributed by atoms with van der Waals surface area (Å²) in [5.74, 6) is -0.952. The number of nitrogens with zero attached hydrogens (tertiary/aromatic N) is 1. The Morgan fingerprint density at radius 1 is 0.712 bits per heavy atom. The normalized spacial score (nSPS) is 11.6. The van der Waals surface area contributed by atoms with E-state index in [0.717, 1.165) is 40.3 Å². The van der Waals surface area contributed by atoms with Crippen molar-refractivity contribution in [2.24, 2.45) is 5.73 Å². The van der Waals surface area contributed by atoms with Gasteiger partial charge in [-0.3, -0.25) is 19.7 Å². The predicted octanol–water partition coefficient (Wildman–Crippen LogP) is 7.12. The molecule has 6 aromatic rings. The summed E-state index contributed by atoms with van der Waals surface area (Å²) < 4.78 is 35.1. The van der Waals surface area contributed by atoms with Crippen molar-refractivity contribution in [2.75, 3.05) is 11.9 Å². The Balaban J connectivity index is 1.12. The quantitative estimate of drug-likeness (QED) is 0.0376. The van der Waals surface area contributed by atoms with Gasteiger partial charge in [0.05, 0.1) is 16.2 Å². The molecule has 0 saturated heterocycles. The molecule has 0 radical (unpaired) electrons. The number of anilines is 1. The molecule has 0 aromatic heterocycles. The van der Waals surface area contributed by atoms with Gasteiger partial charge in [-0.05, 0) is 76.1 Å². The second-order valence-corrected chi connectivity index (χ2v) is 15.6. The Labute approximate surface area is 343 Å². The van der Waals surface area contributed by atoms with Crippen molar-refractivity contribution in [3.8, 4) is 16.9 Å². The summed E-state index contributed by atoms with van der Waals surface area (Å²) >= 11 is 0. The molecule has 0 fully saturated rings. The highest BCUT2D eigenvalue weighted by Crippen LogP contribution is 2.28. The largest absolute Gasteiger partial charge is 0.489 e. The number of amides is 2. The fraction of sp³-hybridized carbons (Fsp3) is 0.174. The average Bonchev–Trinajstić information content (AvgIpc) is 3.25. The van der Waals surface area contributed by atoms with Crippen LogP contribution in [-0.2, 0) is 52.0 Å². The molecule has 5 N–H and O–H groups in total. The Kier molecular flexibility index (Phi) is 14.2. The third kappa shape index (κ3) is 12.1. The number of nitro groups is 1. The van der Waals surface area contributed by atoms with Gasteiger partial charge >= 0.3 is 0 Å². The van der Waals surface area contributed by atoms with Crippen molar-refractivity contribution in [3.05, 3.63) is 190 Å². The Bertz CT molecular complexity index is 2450. The standard InChI is InChI=1S/C46H45N5O7S/c47-31-36-15-13-35(14-16-36)29-45(52)49-43(28-34-19-23-40(24-20-34)58-32-37-17-21-39(22-18-37)38-11-5-2-6-12-38)46(53)50-59(56,57)41-25-26-42(44(30-41)51(54)55)48-27-7-10-33-8-3-1-4-9-33/h1-6,8-9,11-26,30,43,48H,7,10,27-29,31-32,47H2,(H,49,52)(H,50,53). The highest BCUT2D eigenvalue weighted by molar-refractivity contribution is 7.90. The highest BCUT2D eigenvalue weighted by Gasteiger charge is 2.28. The summed E-state index contributed by atoms with van der Waals surface area (Å²) in [4.78, 5) is 37.9. The number of nitrogens with two attached hydrogens (primary N) is 1. The zero-order chi connectivity index (χ0) is 41.6. The maximum atomic E-state index is 13.7. The Hall–Kier alpha value is -6.83. The molecule has 0 saturated carbocycles. The number of benzene rings is 6. The molecule has 0 spiro atoms. The van der Waals surface area contributed by atoms with Gasteiger partial charge in [0.15, 0.2) is 0 Å². The van der Waals surface area contributed by atoms with Crippen LogP contribution in [0.1, 0.15) is 34.2 Å². The lowest BCUT2D eigenvalue weighted by Crippen LogP contribution is -2.49. The molecule has 13 heteroatoms. The van der Waals surface area contributed by atoms with E-state index >= 15 is 0 Å². The van der Waals surface area contributed by atoms with Gasteiger partial charge < -0.3 is 21.1 Å². The zero-order valence-electron chi connectivity index (χ0n) is 32.3. The third-order valence-corrected chi connectivity index (χ3v) is 11.0. The van der Waals surface area contributed by atoms with Gasteiger partial charge in [0.1, 0.15) is 24.1 Å². The molecule has 0 heterocycles. The minimum Gasteiger partial charge on any atom is -0.489 e. The van der Waals surface area contributed by atoms with Crippen LogP contribution in [0.5, 0.6) is 5.75 Å². The van der Waals surface area contributed by atoms with Crippen molar-refractivity contribution in [1.82, 2.24) is 10.0 Å². The smallest absolute Gasteiger partial charge is 0.293 e. The SMILES string of the molecule is NCc1ccc(CC(=O)NC(Cc2ccc(OCc3ccc(-c4ccccc4)cc3)cc2)C(=O)NS(=O)(=O)c2ccc(NCCCc3ccccc3)c([N+](=O)[O-])c2)cc1. The number of carbonyl (C=O) groups is 2. The third-order valence-electron chi connectivity index (χ3n) is 9.62. The van der Waals surface area contributed by atoms with Crippen molar-refractivity contribution < 1.29 is 27.7 Å². The summed E-state index contributed by atoms with van der Waals surface area (Å²) in [6, 6.07) is 44.0. The van der Waals surface area contributed by atoms with Gasteiger partial charge in [0.2, 0.25) is 5.91 Å². The molecule has 6 aromatic carbocycles. The molecule has 0 aliphatic carbocycles. The minimum atomic E-state index is -4.61. The molecule has 1 unspecified atom stereocenters. The molecule has 302 valence electrons. The summed E-state index contributed by atoms with van der Waals surface area (Å²) in [5.41, 5.74) is 11.9. The zero-order valence-corrected chi connectivity index (χ0v) is 33.1. The molecule has 59 heavy (non-hydrogen) atoms. The lowest BCUT2D eigenvalue weighted by atomic mass is 10.0. The molecule has 2 amide bonds.